The molecule has 0 saturated heterocycles. The average Bonchev–Trinajstić information content (AvgIpc) is 2.63. The molecule has 4 nitrogen and oxygen atoms in total. The van der Waals surface area contributed by atoms with Gasteiger partial charge in [-0.05, 0) is 12.1 Å². The van der Waals surface area contributed by atoms with Crippen molar-refractivity contribution in [2.24, 2.45) is 7.05 Å². The van der Waals surface area contributed by atoms with Crippen molar-refractivity contribution >= 4 is 5.69 Å². The van der Waals surface area contributed by atoms with Gasteiger partial charge in [-0.2, -0.15) is 5.10 Å². The minimum atomic E-state index is 0.777. The summed E-state index contributed by atoms with van der Waals surface area (Å²) >= 11 is 0. The van der Waals surface area contributed by atoms with Crippen LogP contribution in [0.1, 0.15) is 5.56 Å². The van der Waals surface area contributed by atoms with E-state index < -0.39 is 0 Å². The van der Waals surface area contributed by atoms with Crippen LogP contribution in [0.25, 0.3) is 0 Å². The van der Waals surface area contributed by atoms with Crippen molar-refractivity contribution in [1.29, 1.82) is 0 Å². The van der Waals surface area contributed by atoms with Crippen molar-refractivity contribution in [3.05, 3.63) is 42.5 Å². The molecule has 0 unspecified atom stereocenters. The SMILES string of the molecule is Cn1cc(CNc2cccnc2)cn1. The highest BCUT2D eigenvalue weighted by Gasteiger charge is 1.95. The lowest BCUT2D eigenvalue weighted by molar-refractivity contribution is 0.767. The number of hydrogen-bond donors (Lipinski definition) is 1. The number of hydrogen-bond acceptors (Lipinski definition) is 3. The summed E-state index contributed by atoms with van der Waals surface area (Å²) in [6, 6.07) is 3.90. The normalized spacial score (nSPS) is 10.1. The summed E-state index contributed by atoms with van der Waals surface area (Å²) in [5.41, 5.74) is 2.19. The van der Waals surface area contributed by atoms with Gasteiger partial charge in [-0.25, -0.2) is 0 Å². The summed E-state index contributed by atoms with van der Waals surface area (Å²) in [6.07, 6.45) is 7.40. The third-order valence-corrected chi connectivity index (χ3v) is 1.92. The molecule has 72 valence electrons. The molecule has 0 atom stereocenters. The van der Waals surface area contributed by atoms with Crippen molar-refractivity contribution in [1.82, 2.24) is 14.8 Å². The summed E-state index contributed by atoms with van der Waals surface area (Å²) in [5.74, 6) is 0. The molecule has 2 aromatic rings. The molecule has 0 amide bonds. The number of nitrogens with zero attached hydrogens (tertiary/aromatic N) is 3. The first-order valence-electron chi connectivity index (χ1n) is 4.46. The molecule has 14 heavy (non-hydrogen) atoms. The smallest absolute Gasteiger partial charge is 0.0539 e. The van der Waals surface area contributed by atoms with Gasteiger partial charge in [0.15, 0.2) is 0 Å². The maximum atomic E-state index is 4.09. The molecular weight excluding hydrogens is 176 g/mol. The van der Waals surface area contributed by atoms with Gasteiger partial charge in [0.1, 0.15) is 0 Å². The summed E-state index contributed by atoms with van der Waals surface area (Å²) in [7, 11) is 1.91. The Morgan fingerprint density at radius 1 is 1.43 bits per heavy atom. The van der Waals surface area contributed by atoms with E-state index in [9.17, 15) is 0 Å². The highest BCUT2D eigenvalue weighted by atomic mass is 15.2. The van der Waals surface area contributed by atoms with Crippen LogP contribution in [0, 0.1) is 0 Å². The van der Waals surface area contributed by atoms with Gasteiger partial charge >= 0.3 is 0 Å². The second-order valence-corrected chi connectivity index (χ2v) is 3.12. The van der Waals surface area contributed by atoms with E-state index in [-0.39, 0.29) is 0 Å². The Hall–Kier alpha value is -1.84. The lowest BCUT2D eigenvalue weighted by atomic mass is 10.3. The van der Waals surface area contributed by atoms with Gasteiger partial charge in [-0.1, -0.05) is 0 Å². The predicted octanol–water partition coefficient (Wildman–Crippen LogP) is 1.43. The first kappa shape index (κ1) is 8.74. The Kier molecular flexibility index (Phi) is 2.44. The van der Waals surface area contributed by atoms with E-state index in [2.05, 4.69) is 15.4 Å². The highest BCUT2D eigenvalue weighted by Crippen LogP contribution is 2.05. The predicted molar refractivity (Wildman–Crippen MR) is 54.8 cm³/mol. The van der Waals surface area contributed by atoms with Crippen molar-refractivity contribution < 1.29 is 0 Å². The number of pyridine rings is 1. The summed E-state index contributed by atoms with van der Waals surface area (Å²) < 4.78 is 1.79. The van der Waals surface area contributed by atoms with Crippen LogP contribution < -0.4 is 5.32 Å². The van der Waals surface area contributed by atoms with E-state index in [0.29, 0.717) is 0 Å². The minimum Gasteiger partial charge on any atom is -0.380 e. The molecule has 0 aliphatic rings. The quantitative estimate of drug-likeness (QED) is 0.792. The molecule has 0 radical (unpaired) electrons. The van der Waals surface area contributed by atoms with E-state index in [1.165, 1.54) is 0 Å². The third-order valence-electron chi connectivity index (χ3n) is 1.92. The zero-order valence-corrected chi connectivity index (χ0v) is 8.01. The summed E-state index contributed by atoms with van der Waals surface area (Å²) in [6.45, 7) is 0.777. The molecule has 0 spiro atoms. The fourth-order valence-electron chi connectivity index (χ4n) is 1.23. The van der Waals surface area contributed by atoms with Crippen molar-refractivity contribution in [3.63, 3.8) is 0 Å². The molecule has 0 bridgehead atoms. The number of nitrogens with one attached hydrogen (secondary N) is 1. The lowest BCUT2D eigenvalue weighted by Crippen LogP contribution is -1.98. The molecule has 0 aliphatic heterocycles. The van der Waals surface area contributed by atoms with Crippen LogP contribution in [0.5, 0.6) is 0 Å². The standard InChI is InChI=1S/C10H12N4/c1-14-8-9(6-13-14)5-12-10-3-2-4-11-7-10/h2-4,6-8,12H,5H2,1H3. The molecule has 4 heteroatoms. The Labute approximate surface area is 82.6 Å². The minimum absolute atomic E-state index is 0.777. The van der Waals surface area contributed by atoms with Crippen LogP contribution in [-0.2, 0) is 13.6 Å². The van der Waals surface area contributed by atoms with E-state index in [1.54, 1.807) is 17.1 Å². The van der Waals surface area contributed by atoms with Gasteiger partial charge in [-0.3, -0.25) is 9.67 Å². The number of aromatic nitrogens is 3. The molecule has 0 aromatic carbocycles. The Balaban J connectivity index is 1.95. The zero-order chi connectivity index (χ0) is 9.80. The molecule has 1 N–H and O–H groups in total. The molecule has 0 fully saturated rings. The van der Waals surface area contributed by atoms with E-state index >= 15 is 0 Å². The number of rotatable bonds is 3. The summed E-state index contributed by atoms with van der Waals surface area (Å²) in [4.78, 5) is 4.02. The van der Waals surface area contributed by atoms with Gasteiger partial charge in [0.25, 0.3) is 0 Å². The topological polar surface area (TPSA) is 42.7 Å². The number of anilines is 1. The fourth-order valence-corrected chi connectivity index (χ4v) is 1.23. The van der Waals surface area contributed by atoms with E-state index in [4.69, 9.17) is 0 Å². The van der Waals surface area contributed by atoms with Gasteiger partial charge in [0, 0.05) is 37.7 Å². The van der Waals surface area contributed by atoms with Gasteiger partial charge in [0.2, 0.25) is 0 Å². The Bertz CT molecular complexity index is 394. The number of aryl methyl sites for hydroxylation is 1. The first-order chi connectivity index (χ1) is 6.84. The van der Waals surface area contributed by atoms with Crippen molar-refractivity contribution in [2.75, 3.05) is 5.32 Å². The molecule has 2 rings (SSSR count). The maximum absolute atomic E-state index is 4.09. The molecule has 2 aromatic heterocycles. The average molecular weight is 188 g/mol. The second kappa shape index (κ2) is 3.91. The largest absolute Gasteiger partial charge is 0.380 e. The third kappa shape index (κ3) is 2.10. The monoisotopic (exact) mass is 188 g/mol. The van der Waals surface area contributed by atoms with Gasteiger partial charge in [-0.15, -0.1) is 0 Å². The Morgan fingerprint density at radius 2 is 2.36 bits per heavy atom. The van der Waals surface area contributed by atoms with Crippen molar-refractivity contribution in [2.45, 2.75) is 6.54 Å². The maximum Gasteiger partial charge on any atom is 0.0539 e. The lowest BCUT2D eigenvalue weighted by Gasteiger charge is -2.02. The van der Waals surface area contributed by atoms with Gasteiger partial charge in [0.05, 0.1) is 11.9 Å². The molecule has 0 aliphatic carbocycles. The molecule has 2 heterocycles. The fraction of sp³-hybridized carbons (Fsp3) is 0.200. The van der Waals surface area contributed by atoms with Crippen LogP contribution in [-0.4, -0.2) is 14.8 Å². The van der Waals surface area contributed by atoms with Crippen LogP contribution >= 0.6 is 0 Å². The molecule has 0 saturated carbocycles. The van der Waals surface area contributed by atoms with E-state index in [1.807, 2.05) is 31.6 Å². The highest BCUT2D eigenvalue weighted by molar-refractivity contribution is 5.40. The van der Waals surface area contributed by atoms with Crippen LogP contribution in [0.4, 0.5) is 5.69 Å². The second-order valence-electron chi connectivity index (χ2n) is 3.12. The van der Waals surface area contributed by atoms with Crippen LogP contribution in [0.3, 0.4) is 0 Å². The van der Waals surface area contributed by atoms with E-state index in [0.717, 1.165) is 17.8 Å². The van der Waals surface area contributed by atoms with Crippen LogP contribution in [0.15, 0.2) is 36.9 Å². The van der Waals surface area contributed by atoms with Gasteiger partial charge < -0.3 is 5.32 Å². The van der Waals surface area contributed by atoms with Crippen molar-refractivity contribution in [3.8, 4) is 0 Å². The van der Waals surface area contributed by atoms with Crippen LogP contribution in [0.2, 0.25) is 0 Å². The molecular formula is C10H12N4. The Morgan fingerprint density at radius 3 is 3.00 bits per heavy atom. The summed E-state index contributed by atoms with van der Waals surface area (Å²) in [5, 5.41) is 7.35. The zero-order valence-electron chi connectivity index (χ0n) is 8.01. The first-order valence-corrected chi connectivity index (χ1v) is 4.46.